The van der Waals surface area contributed by atoms with E-state index in [0.29, 0.717) is 17.5 Å². The summed E-state index contributed by atoms with van der Waals surface area (Å²) in [6, 6.07) is 57.4. The second-order valence-electron chi connectivity index (χ2n) is 11.6. The molecule has 0 aliphatic rings. The van der Waals surface area contributed by atoms with Crippen molar-refractivity contribution >= 4 is 42.3 Å². The molecular formula is C43H27N3S. The van der Waals surface area contributed by atoms with Gasteiger partial charge in [-0.2, -0.15) is 0 Å². The lowest BCUT2D eigenvalue weighted by atomic mass is 9.96. The Kier molecular flexibility index (Phi) is 6.65. The van der Waals surface area contributed by atoms with Gasteiger partial charge in [-0.25, -0.2) is 15.0 Å². The lowest BCUT2D eigenvalue weighted by Crippen LogP contribution is -2.00. The van der Waals surface area contributed by atoms with Crippen LogP contribution in [0.2, 0.25) is 0 Å². The second-order valence-corrected chi connectivity index (χ2v) is 12.7. The molecule has 4 heteroatoms. The minimum atomic E-state index is 0.651. The third kappa shape index (κ3) is 4.96. The smallest absolute Gasteiger partial charge is 0.164 e. The number of benzene rings is 7. The molecule has 2 aromatic heterocycles. The lowest BCUT2D eigenvalue weighted by Gasteiger charge is -2.11. The second kappa shape index (κ2) is 11.4. The molecule has 0 fully saturated rings. The Hall–Kier alpha value is -5.97. The molecule has 7 aromatic carbocycles. The minimum absolute atomic E-state index is 0.651. The van der Waals surface area contributed by atoms with Crippen LogP contribution in [0.5, 0.6) is 0 Å². The number of rotatable bonds is 5. The van der Waals surface area contributed by atoms with E-state index < -0.39 is 0 Å². The maximum Gasteiger partial charge on any atom is 0.164 e. The highest BCUT2D eigenvalue weighted by molar-refractivity contribution is 7.26. The summed E-state index contributed by atoms with van der Waals surface area (Å²) >= 11 is 1.88. The van der Waals surface area contributed by atoms with Gasteiger partial charge in [-0.1, -0.05) is 146 Å². The van der Waals surface area contributed by atoms with Crippen LogP contribution in [0.3, 0.4) is 0 Å². The first-order valence-corrected chi connectivity index (χ1v) is 16.5. The Morgan fingerprint density at radius 2 is 0.872 bits per heavy atom. The normalized spacial score (nSPS) is 11.4. The summed E-state index contributed by atoms with van der Waals surface area (Å²) in [5, 5.41) is 5.24. The Bertz CT molecular complexity index is 2510. The van der Waals surface area contributed by atoms with Crippen molar-refractivity contribution < 1.29 is 0 Å². The van der Waals surface area contributed by atoms with Gasteiger partial charge in [-0.3, -0.25) is 0 Å². The average molecular weight is 618 g/mol. The van der Waals surface area contributed by atoms with Gasteiger partial charge in [-0.15, -0.1) is 11.3 Å². The van der Waals surface area contributed by atoms with Gasteiger partial charge in [0.2, 0.25) is 0 Å². The summed E-state index contributed by atoms with van der Waals surface area (Å²) in [4.78, 5) is 14.8. The predicted octanol–water partition coefficient (Wildman–Crippen LogP) is 11.7. The summed E-state index contributed by atoms with van der Waals surface area (Å²) in [6.07, 6.45) is 0. The van der Waals surface area contributed by atoms with Crippen LogP contribution in [0.25, 0.3) is 87.4 Å². The van der Waals surface area contributed by atoms with Crippen molar-refractivity contribution in [3.05, 3.63) is 164 Å². The van der Waals surface area contributed by atoms with Crippen molar-refractivity contribution in [3.63, 3.8) is 0 Å². The molecule has 47 heavy (non-hydrogen) atoms. The van der Waals surface area contributed by atoms with Gasteiger partial charge in [0.1, 0.15) is 0 Å². The molecule has 9 aromatic rings. The third-order valence-electron chi connectivity index (χ3n) is 8.71. The van der Waals surface area contributed by atoms with Crippen molar-refractivity contribution in [2.75, 3.05) is 0 Å². The van der Waals surface area contributed by atoms with E-state index in [1.165, 1.54) is 42.1 Å². The average Bonchev–Trinajstić information content (AvgIpc) is 3.55. The Labute approximate surface area is 276 Å². The maximum atomic E-state index is 4.95. The van der Waals surface area contributed by atoms with Gasteiger partial charge < -0.3 is 0 Å². The summed E-state index contributed by atoms with van der Waals surface area (Å²) in [5.41, 5.74) is 7.58. The van der Waals surface area contributed by atoms with Crippen LogP contribution < -0.4 is 0 Å². The van der Waals surface area contributed by atoms with E-state index >= 15 is 0 Å². The molecule has 3 nitrogen and oxygen atoms in total. The number of fused-ring (bicyclic) bond motifs is 5. The highest BCUT2D eigenvalue weighted by Gasteiger charge is 2.15. The SMILES string of the molecule is c1ccc(-c2nc(-c3ccccc3)nc(-c3cccc(-c4cccc(-c5cccc6c5sc5ccc7ccccc7c56)c4)c3)n2)cc1. The van der Waals surface area contributed by atoms with Crippen LogP contribution in [0, 0.1) is 0 Å². The van der Waals surface area contributed by atoms with E-state index in [0.717, 1.165) is 27.8 Å². The number of hydrogen-bond acceptors (Lipinski definition) is 4. The van der Waals surface area contributed by atoms with Gasteiger partial charge in [0.05, 0.1) is 0 Å². The Morgan fingerprint density at radius 3 is 1.57 bits per heavy atom. The van der Waals surface area contributed by atoms with Crippen LogP contribution in [0.1, 0.15) is 0 Å². The standard InChI is InChI=1S/C43H27N3S/c1-3-13-29(14-4-1)41-44-42(30-15-5-2-6-16-30)46-43(45-41)34-20-10-18-32(27-34)31-17-9-19-33(26-31)36-22-11-23-37-39-35-21-8-7-12-28(35)24-25-38(39)47-40(36)37/h1-27H. The fraction of sp³-hybridized carbons (Fsp3) is 0. The van der Waals surface area contributed by atoms with Crippen LogP contribution in [-0.4, -0.2) is 15.0 Å². The molecule has 0 saturated carbocycles. The molecule has 220 valence electrons. The van der Waals surface area contributed by atoms with Crippen molar-refractivity contribution in [1.82, 2.24) is 15.0 Å². The van der Waals surface area contributed by atoms with Crippen molar-refractivity contribution in [1.29, 1.82) is 0 Å². The molecule has 0 amide bonds. The Morgan fingerprint density at radius 1 is 0.362 bits per heavy atom. The van der Waals surface area contributed by atoms with Gasteiger partial charge in [0, 0.05) is 36.9 Å². The zero-order valence-electron chi connectivity index (χ0n) is 25.3. The first-order valence-electron chi connectivity index (χ1n) is 15.7. The van der Waals surface area contributed by atoms with Crippen LogP contribution in [-0.2, 0) is 0 Å². The van der Waals surface area contributed by atoms with E-state index in [9.17, 15) is 0 Å². The topological polar surface area (TPSA) is 38.7 Å². The number of thiophene rings is 1. The fourth-order valence-corrected chi connectivity index (χ4v) is 7.69. The molecule has 0 radical (unpaired) electrons. The summed E-state index contributed by atoms with van der Waals surface area (Å²) in [7, 11) is 0. The molecule has 0 aliphatic heterocycles. The summed E-state index contributed by atoms with van der Waals surface area (Å²) < 4.78 is 2.63. The van der Waals surface area contributed by atoms with Gasteiger partial charge in [0.15, 0.2) is 17.5 Å². The zero-order chi connectivity index (χ0) is 31.2. The highest BCUT2D eigenvalue weighted by Crippen LogP contribution is 2.43. The van der Waals surface area contributed by atoms with E-state index in [2.05, 4.69) is 103 Å². The fourth-order valence-electron chi connectivity index (χ4n) is 6.44. The molecule has 9 rings (SSSR count). The molecular weight excluding hydrogens is 591 g/mol. The van der Waals surface area contributed by atoms with Crippen molar-refractivity contribution in [2.45, 2.75) is 0 Å². The first-order chi connectivity index (χ1) is 23.3. The van der Waals surface area contributed by atoms with E-state index in [1.807, 2.05) is 72.0 Å². The summed E-state index contributed by atoms with van der Waals surface area (Å²) in [5.74, 6) is 1.97. The molecule has 0 atom stereocenters. The number of aromatic nitrogens is 3. The van der Waals surface area contributed by atoms with Gasteiger partial charge >= 0.3 is 0 Å². The molecule has 0 bridgehead atoms. The van der Waals surface area contributed by atoms with E-state index in [4.69, 9.17) is 15.0 Å². The highest BCUT2D eigenvalue weighted by atomic mass is 32.1. The first kappa shape index (κ1) is 27.3. The zero-order valence-corrected chi connectivity index (χ0v) is 26.2. The van der Waals surface area contributed by atoms with Crippen molar-refractivity contribution in [2.24, 2.45) is 0 Å². The maximum absolute atomic E-state index is 4.95. The molecule has 0 unspecified atom stereocenters. The lowest BCUT2D eigenvalue weighted by molar-refractivity contribution is 1.07. The quantitative estimate of drug-likeness (QED) is 0.193. The molecule has 0 saturated heterocycles. The van der Waals surface area contributed by atoms with Crippen LogP contribution in [0.4, 0.5) is 0 Å². The van der Waals surface area contributed by atoms with E-state index in [1.54, 1.807) is 0 Å². The minimum Gasteiger partial charge on any atom is -0.208 e. The van der Waals surface area contributed by atoms with Crippen molar-refractivity contribution in [3.8, 4) is 56.4 Å². The largest absolute Gasteiger partial charge is 0.208 e. The molecule has 2 heterocycles. The summed E-state index contributed by atoms with van der Waals surface area (Å²) in [6.45, 7) is 0. The Balaban J connectivity index is 1.15. The number of hydrogen-bond donors (Lipinski definition) is 0. The van der Waals surface area contributed by atoms with Gasteiger partial charge in [0.25, 0.3) is 0 Å². The van der Waals surface area contributed by atoms with Gasteiger partial charge in [-0.05, 0) is 51.2 Å². The van der Waals surface area contributed by atoms with E-state index in [-0.39, 0.29) is 0 Å². The molecule has 0 spiro atoms. The number of nitrogens with zero attached hydrogens (tertiary/aromatic N) is 3. The van der Waals surface area contributed by atoms with Crippen LogP contribution in [0.15, 0.2) is 164 Å². The third-order valence-corrected chi connectivity index (χ3v) is 9.92. The predicted molar refractivity (Wildman–Crippen MR) is 197 cm³/mol. The monoisotopic (exact) mass is 617 g/mol. The molecule has 0 aliphatic carbocycles. The van der Waals surface area contributed by atoms with Crippen LogP contribution >= 0.6 is 11.3 Å². The molecule has 0 N–H and O–H groups in total.